The van der Waals surface area contributed by atoms with Gasteiger partial charge in [-0.2, -0.15) is 4.99 Å². The first-order chi connectivity index (χ1) is 9.19. The highest BCUT2D eigenvalue weighted by atomic mass is 16.6. The molecule has 0 spiro atoms. The van der Waals surface area contributed by atoms with E-state index in [1.807, 2.05) is 0 Å². The van der Waals surface area contributed by atoms with Gasteiger partial charge in [-0.05, 0) is 32.4 Å². The molecule has 0 aliphatic heterocycles. The van der Waals surface area contributed by atoms with E-state index in [0.717, 1.165) is 0 Å². The monoisotopic (exact) mass is 279 g/mol. The minimum atomic E-state index is -0.692. The summed E-state index contributed by atoms with van der Waals surface area (Å²) in [6.45, 7) is 5.22. The van der Waals surface area contributed by atoms with E-state index in [1.165, 1.54) is 18.3 Å². The maximum Gasteiger partial charge on any atom is 0.433 e. The summed E-state index contributed by atoms with van der Waals surface area (Å²) >= 11 is 0. The Bertz CT molecular complexity index is 547. The van der Waals surface area contributed by atoms with E-state index in [2.05, 4.69) is 4.99 Å². The zero-order valence-electron chi connectivity index (χ0n) is 11.6. The standard InChI is InChI=1S/C13H17N3O4/c1-13(2,3)20-12(17)15-7-6-9-4-5-10(14)11(8-9)16(18)19/h4-5,7-8H,6,14H2,1-3H3. The third kappa shape index (κ3) is 5.05. The summed E-state index contributed by atoms with van der Waals surface area (Å²) in [4.78, 5) is 25.1. The van der Waals surface area contributed by atoms with Crippen LogP contribution in [0.25, 0.3) is 0 Å². The first kappa shape index (κ1) is 15.6. The molecule has 1 rings (SSSR count). The van der Waals surface area contributed by atoms with Gasteiger partial charge in [0.05, 0.1) is 4.92 Å². The SMILES string of the molecule is CC(C)(C)OC(=O)N=CCc1ccc(N)c([N+](=O)[O-])c1. The molecule has 20 heavy (non-hydrogen) atoms. The Balaban J connectivity index is 2.69. The lowest BCUT2D eigenvalue weighted by atomic mass is 10.1. The minimum Gasteiger partial charge on any atom is -0.442 e. The molecule has 0 saturated carbocycles. The van der Waals surface area contributed by atoms with Crippen LogP contribution in [0.1, 0.15) is 26.3 Å². The summed E-state index contributed by atoms with van der Waals surface area (Å²) < 4.78 is 4.99. The number of ether oxygens (including phenoxy) is 1. The van der Waals surface area contributed by atoms with E-state index < -0.39 is 16.6 Å². The quantitative estimate of drug-likeness (QED) is 0.396. The van der Waals surface area contributed by atoms with Crippen LogP contribution in [0.4, 0.5) is 16.2 Å². The number of rotatable bonds is 3. The Morgan fingerprint density at radius 2 is 2.15 bits per heavy atom. The van der Waals surface area contributed by atoms with Gasteiger partial charge in [0.1, 0.15) is 11.3 Å². The molecule has 0 aliphatic rings. The third-order valence-corrected chi connectivity index (χ3v) is 2.21. The lowest BCUT2D eigenvalue weighted by Gasteiger charge is -2.17. The first-order valence-electron chi connectivity index (χ1n) is 5.97. The summed E-state index contributed by atoms with van der Waals surface area (Å²) in [6, 6.07) is 4.45. The van der Waals surface area contributed by atoms with Gasteiger partial charge in [-0.15, -0.1) is 0 Å². The Hall–Kier alpha value is -2.44. The van der Waals surface area contributed by atoms with Crippen molar-refractivity contribution in [3.8, 4) is 0 Å². The van der Waals surface area contributed by atoms with E-state index in [1.54, 1.807) is 26.8 Å². The smallest absolute Gasteiger partial charge is 0.433 e. The van der Waals surface area contributed by atoms with Crippen LogP contribution in [0.15, 0.2) is 23.2 Å². The molecule has 0 atom stereocenters. The number of hydrogen-bond donors (Lipinski definition) is 1. The zero-order valence-corrected chi connectivity index (χ0v) is 11.6. The fourth-order valence-corrected chi connectivity index (χ4v) is 1.39. The molecule has 0 aliphatic carbocycles. The van der Waals surface area contributed by atoms with Gasteiger partial charge in [0.25, 0.3) is 5.69 Å². The Labute approximate surface area is 116 Å². The molecule has 1 amide bonds. The summed E-state index contributed by atoms with van der Waals surface area (Å²) in [5.74, 6) is 0. The van der Waals surface area contributed by atoms with Crippen molar-refractivity contribution in [1.82, 2.24) is 0 Å². The van der Waals surface area contributed by atoms with Gasteiger partial charge >= 0.3 is 6.09 Å². The number of nitro groups is 1. The van der Waals surface area contributed by atoms with Crippen molar-refractivity contribution < 1.29 is 14.5 Å². The fourth-order valence-electron chi connectivity index (χ4n) is 1.39. The highest BCUT2D eigenvalue weighted by Gasteiger charge is 2.15. The summed E-state index contributed by atoms with van der Waals surface area (Å²) in [5.41, 5.74) is 5.46. The first-order valence-corrected chi connectivity index (χ1v) is 5.97. The second-order valence-electron chi connectivity index (χ2n) is 5.15. The lowest BCUT2D eigenvalue weighted by Crippen LogP contribution is -2.21. The van der Waals surface area contributed by atoms with Crippen LogP contribution in [0.5, 0.6) is 0 Å². The molecule has 1 aromatic rings. The Morgan fingerprint density at radius 3 is 2.70 bits per heavy atom. The highest BCUT2D eigenvalue weighted by Crippen LogP contribution is 2.22. The van der Waals surface area contributed by atoms with Gasteiger partial charge in [-0.25, -0.2) is 4.79 Å². The van der Waals surface area contributed by atoms with Gasteiger partial charge < -0.3 is 10.5 Å². The van der Waals surface area contributed by atoms with Crippen molar-refractivity contribution in [2.24, 2.45) is 4.99 Å². The van der Waals surface area contributed by atoms with E-state index in [4.69, 9.17) is 10.5 Å². The van der Waals surface area contributed by atoms with Crippen molar-refractivity contribution in [3.05, 3.63) is 33.9 Å². The summed E-state index contributed by atoms with van der Waals surface area (Å²) in [7, 11) is 0. The molecule has 0 radical (unpaired) electrons. The molecular weight excluding hydrogens is 262 g/mol. The normalized spacial score (nSPS) is 11.6. The highest BCUT2D eigenvalue weighted by molar-refractivity contribution is 5.80. The second kappa shape index (κ2) is 6.14. The predicted molar refractivity (Wildman–Crippen MR) is 75.9 cm³/mol. The number of aliphatic imine (C=N–C) groups is 1. The molecule has 0 saturated heterocycles. The van der Waals surface area contributed by atoms with Crippen molar-refractivity contribution in [1.29, 1.82) is 0 Å². The third-order valence-electron chi connectivity index (χ3n) is 2.21. The molecule has 0 heterocycles. The molecule has 0 aromatic heterocycles. The molecule has 108 valence electrons. The predicted octanol–water partition coefficient (Wildman–Crippen LogP) is 2.73. The van der Waals surface area contributed by atoms with Crippen LogP contribution in [-0.4, -0.2) is 22.8 Å². The number of amides is 1. The molecule has 1 aromatic carbocycles. The number of nitrogens with zero attached hydrogens (tertiary/aromatic N) is 2. The largest absolute Gasteiger partial charge is 0.442 e. The van der Waals surface area contributed by atoms with E-state index >= 15 is 0 Å². The number of nitrogen functional groups attached to an aromatic ring is 1. The average molecular weight is 279 g/mol. The summed E-state index contributed by atoms with van der Waals surface area (Å²) in [6.07, 6.45) is 0.936. The van der Waals surface area contributed by atoms with Gasteiger partial charge in [0.2, 0.25) is 0 Å². The number of hydrogen-bond acceptors (Lipinski definition) is 5. The number of anilines is 1. The number of nitro benzene ring substituents is 1. The van der Waals surface area contributed by atoms with Crippen LogP contribution in [-0.2, 0) is 11.2 Å². The molecule has 0 fully saturated rings. The molecule has 0 unspecified atom stereocenters. The number of benzene rings is 1. The fraction of sp³-hybridized carbons (Fsp3) is 0.385. The van der Waals surface area contributed by atoms with E-state index in [0.29, 0.717) is 5.56 Å². The number of carbonyl (C=O) groups is 1. The van der Waals surface area contributed by atoms with Crippen LogP contribution < -0.4 is 5.73 Å². The molecular formula is C13H17N3O4. The zero-order chi connectivity index (χ0) is 15.3. The number of nitrogens with two attached hydrogens (primary N) is 1. The second-order valence-corrected chi connectivity index (χ2v) is 5.15. The number of carbonyl (C=O) groups excluding carboxylic acids is 1. The Morgan fingerprint density at radius 1 is 1.50 bits per heavy atom. The van der Waals surface area contributed by atoms with Gasteiger partial charge in [0, 0.05) is 18.7 Å². The van der Waals surface area contributed by atoms with Crippen LogP contribution in [0, 0.1) is 10.1 Å². The van der Waals surface area contributed by atoms with Gasteiger partial charge in [0.15, 0.2) is 0 Å². The van der Waals surface area contributed by atoms with Crippen LogP contribution in [0.3, 0.4) is 0 Å². The van der Waals surface area contributed by atoms with Crippen molar-refractivity contribution >= 4 is 23.7 Å². The van der Waals surface area contributed by atoms with Gasteiger partial charge in [-0.3, -0.25) is 10.1 Å². The van der Waals surface area contributed by atoms with Crippen molar-refractivity contribution in [2.75, 3.05) is 5.73 Å². The molecule has 7 nitrogen and oxygen atoms in total. The van der Waals surface area contributed by atoms with Gasteiger partial charge in [-0.1, -0.05) is 6.07 Å². The van der Waals surface area contributed by atoms with E-state index in [-0.39, 0.29) is 17.8 Å². The lowest BCUT2D eigenvalue weighted by molar-refractivity contribution is -0.383. The minimum absolute atomic E-state index is 0.0998. The van der Waals surface area contributed by atoms with Crippen LogP contribution >= 0.6 is 0 Å². The van der Waals surface area contributed by atoms with Crippen LogP contribution in [0.2, 0.25) is 0 Å². The summed E-state index contributed by atoms with van der Waals surface area (Å²) in [5, 5.41) is 10.7. The maximum atomic E-state index is 11.3. The molecule has 0 bridgehead atoms. The average Bonchev–Trinajstić information content (AvgIpc) is 2.28. The van der Waals surface area contributed by atoms with Crippen molar-refractivity contribution in [2.45, 2.75) is 32.8 Å². The Kier molecular flexibility index (Phi) is 4.79. The van der Waals surface area contributed by atoms with Crippen molar-refractivity contribution in [3.63, 3.8) is 0 Å². The maximum absolute atomic E-state index is 11.3. The van der Waals surface area contributed by atoms with E-state index in [9.17, 15) is 14.9 Å². The molecule has 2 N–H and O–H groups in total. The topological polar surface area (TPSA) is 108 Å². The molecule has 7 heteroatoms.